The normalized spacial score (nSPS) is 10.2. The molecule has 0 aliphatic rings. The van der Waals surface area contributed by atoms with Crippen LogP contribution in [0.2, 0.25) is 5.02 Å². The maximum Gasteiger partial charge on any atom is 0.400 e. The van der Waals surface area contributed by atoms with E-state index in [4.69, 9.17) is 31.2 Å². The van der Waals surface area contributed by atoms with Crippen molar-refractivity contribution < 1.29 is 18.7 Å². The van der Waals surface area contributed by atoms with Crippen molar-refractivity contribution in [2.45, 2.75) is 6.92 Å². The summed E-state index contributed by atoms with van der Waals surface area (Å²) in [5.74, 6) is -0.366. The molecule has 2 N–H and O–H groups in total. The molecule has 0 unspecified atom stereocenters. The Balaban J connectivity index is 2.18. The molecule has 0 aliphatic heterocycles. The second kappa shape index (κ2) is 5.62. The maximum atomic E-state index is 11.4. The van der Waals surface area contributed by atoms with E-state index in [1.54, 1.807) is 25.1 Å². The highest BCUT2D eigenvalue weighted by molar-refractivity contribution is 6.32. The zero-order chi connectivity index (χ0) is 13.8. The molecule has 2 rings (SSSR count). The minimum atomic E-state index is -0.590. The van der Waals surface area contributed by atoms with Gasteiger partial charge < -0.3 is 19.6 Å². The summed E-state index contributed by atoms with van der Waals surface area (Å²) in [5.41, 5.74) is 6.07. The second-order valence-corrected chi connectivity index (χ2v) is 3.89. The summed E-state index contributed by atoms with van der Waals surface area (Å²) in [4.78, 5) is 15.2. The van der Waals surface area contributed by atoms with Crippen molar-refractivity contribution in [3.05, 3.63) is 35.2 Å². The van der Waals surface area contributed by atoms with Gasteiger partial charge >= 0.3 is 12.0 Å². The average molecular weight is 283 g/mol. The van der Waals surface area contributed by atoms with E-state index in [1.165, 1.54) is 0 Å². The summed E-state index contributed by atoms with van der Waals surface area (Å²) in [6.07, 6.45) is 1.00. The van der Waals surface area contributed by atoms with Crippen LogP contribution in [0.5, 0.6) is 11.8 Å². The lowest BCUT2D eigenvalue weighted by molar-refractivity contribution is 0.0519. The summed E-state index contributed by atoms with van der Waals surface area (Å²) in [6, 6.07) is 4.92. The van der Waals surface area contributed by atoms with E-state index in [2.05, 4.69) is 4.98 Å². The molecule has 0 saturated carbocycles. The molecule has 100 valence electrons. The maximum absolute atomic E-state index is 11.4. The molecule has 1 aromatic heterocycles. The number of oxazole rings is 1. The summed E-state index contributed by atoms with van der Waals surface area (Å²) < 4.78 is 15.1. The summed E-state index contributed by atoms with van der Waals surface area (Å²) in [5, 5.41) is 0.316. The number of nitrogen functional groups attached to an aromatic ring is 1. The van der Waals surface area contributed by atoms with E-state index in [9.17, 15) is 4.79 Å². The quantitative estimate of drug-likeness (QED) is 0.685. The van der Waals surface area contributed by atoms with Crippen LogP contribution in [-0.2, 0) is 4.74 Å². The van der Waals surface area contributed by atoms with Gasteiger partial charge in [0.1, 0.15) is 6.26 Å². The predicted molar refractivity (Wildman–Crippen MR) is 68.4 cm³/mol. The monoisotopic (exact) mass is 282 g/mol. The number of para-hydroxylation sites is 1. The first-order valence-electron chi connectivity index (χ1n) is 5.46. The van der Waals surface area contributed by atoms with Crippen molar-refractivity contribution in [1.29, 1.82) is 0 Å². The van der Waals surface area contributed by atoms with Crippen LogP contribution in [0.4, 0.5) is 5.69 Å². The van der Waals surface area contributed by atoms with Crippen LogP contribution in [0.15, 0.2) is 28.9 Å². The molecule has 0 radical (unpaired) electrons. The highest BCUT2D eigenvalue weighted by Gasteiger charge is 2.16. The fourth-order valence-corrected chi connectivity index (χ4v) is 1.54. The topological polar surface area (TPSA) is 87.6 Å². The third-order valence-electron chi connectivity index (χ3n) is 2.15. The standard InChI is InChI=1S/C12H11ClN2O4/c1-2-17-11(16)9-6-18-12(15-9)19-10-7(13)4-3-5-8(10)14/h3-6H,2,14H2,1H3. The lowest BCUT2D eigenvalue weighted by Crippen LogP contribution is -2.04. The fraction of sp³-hybridized carbons (Fsp3) is 0.167. The van der Waals surface area contributed by atoms with Crippen molar-refractivity contribution in [2.75, 3.05) is 12.3 Å². The number of nitrogens with two attached hydrogens (primary N) is 1. The second-order valence-electron chi connectivity index (χ2n) is 3.48. The van der Waals surface area contributed by atoms with Crippen LogP contribution in [0.3, 0.4) is 0 Å². The molecule has 1 heterocycles. The number of aromatic nitrogens is 1. The van der Waals surface area contributed by atoms with Crippen LogP contribution in [0.1, 0.15) is 17.4 Å². The number of ether oxygens (including phenoxy) is 2. The minimum absolute atomic E-state index is 0.0162. The number of carbonyl (C=O) groups excluding carboxylic acids is 1. The van der Waals surface area contributed by atoms with E-state index >= 15 is 0 Å². The number of nitrogens with zero attached hydrogens (tertiary/aromatic N) is 1. The lowest BCUT2D eigenvalue weighted by atomic mass is 10.3. The van der Waals surface area contributed by atoms with Gasteiger partial charge in [-0.15, -0.1) is 0 Å². The van der Waals surface area contributed by atoms with Crippen molar-refractivity contribution in [3.63, 3.8) is 0 Å². The molecule has 0 fully saturated rings. The Morgan fingerprint density at radius 3 is 3.00 bits per heavy atom. The number of anilines is 1. The zero-order valence-corrected chi connectivity index (χ0v) is 10.8. The van der Waals surface area contributed by atoms with Crippen LogP contribution in [-0.4, -0.2) is 17.6 Å². The Bertz CT molecular complexity index is 577. The number of hydrogen-bond donors (Lipinski definition) is 1. The van der Waals surface area contributed by atoms with Gasteiger partial charge in [0, 0.05) is 0 Å². The van der Waals surface area contributed by atoms with Crippen molar-refractivity contribution in [2.24, 2.45) is 0 Å². The SMILES string of the molecule is CCOC(=O)c1coc(Oc2c(N)cccc2Cl)n1. The summed E-state index contributed by atoms with van der Waals surface area (Å²) in [7, 11) is 0. The van der Waals surface area contributed by atoms with Crippen LogP contribution >= 0.6 is 11.6 Å². The van der Waals surface area contributed by atoms with Gasteiger partial charge in [-0.25, -0.2) is 4.79 Å². The summed E-state index contributed by atoms with van der Waals surface area (Å²) >= 11 is 5.93. The van der Waals surface area contributed by atoms with Gasteiger partial charge in [0.25, 0.3) is 0 Å². The van der Waals surface area contributed by atoms with Gasteiger partial charge in [0.2, 0.25) is 0 Å². The predicted octanol–water partition coefficient (Wildman–Crippen LogP) is 2.88. The third-order valence-corrected chi connectivity index (χ3v) is 2.45. The van der Waals surface area contributed by atoms with E-state index in [-0.39, 0.29) is 24.1 Å². The Morgan fingerprint density at radius 2 is 2.32 bits per heavy atom. The molecule has 0 aliphatic carbocycles. The molecule has 2 aromatic rings. The van der Waals surface area contributed by atoms with Crippen LogP contribution < -0.4 is 10.5 Å². The molecule has 0 bridgehead atoms. The van der Waals surface area contributed by atoms with Gasteiger partial charge in [-0.3, -0.25) is 0 Å². The van der Waals surface area contributed by atoms with E-state index in [0.717, 1.165) is 6.26 Å². The van der Waals surface area contributed by atoms with E-state index in [1.807, 2.05) is 0 Å². The first kappa shape index (κ1) is 13.2. The Labute approximate surface area is 114 Å². The number of esters is 1. The van der Waals surface area contributed by atoms with Gasteiger partial charge in [0.05, 0.1) is 17.3 Å². The highest BCUT2D eigenvalue weighted by atomic mass is 35.5. The van der Waals surface area contributed by atoms with Crippen molar-refractivity contribution in [1.82, 2.24) is 4.98 Å². The molecule has 0 amide bonds. The number of halogens is 1. The molecule has 0 saturated heterocycles. The first-order chi connectivity index (χ1) is 9.11. The number of hydrogen-bond acceptors (Lipinski definition) is 6. The van der Waals surface area contributed by atoms with E-state index < -0.39 is 5.97 Å². The van der Waals surface area contributed by atoms with Gasteiger partial charge in [-0.2, -0.15) is 4.98 Å². The molecule has 6 nitrogen and oxygen atoms in total. The molecule has 0 spiro atoms. The molecular weight excluding hydrogens is 272 g/mol. The molecule has 1 aromatic carbocycles. The van der Waals surface area contributed by atoms with Gasteiger partial charge in [-0.1, -0.05) is 17.7 Å². The summed E-state index contributed by atoms with van der Waals surface area (Å²) in [6.45, 7) is 1.94. The van der Waals surface area contributed by atoms with Gasteiger partial charge in [-0.05, 0) is 19.1 Å². The lowest BCUT2D eigenvalue weighted by Gasteiger charge is -2.05. The van der Waals surface area contributed by atoms with Crippen LogP contribution in [0.25, 0.3) is 0 Å². The number of carbonyl (C=O) groups is 1. The Morgan fingerprint density at radius 1 is 1.53 bits per heavy atom. The minimum Gasteiger partial charge on any atom is -0.461 e. The highest BCUT2D eigenvalue weighted by Crippen LogP contribution is 2.34. The Kier molecular flexibility index (Phi) is 3.91. The van der Waals surface area contributed by atoms with Crippen molar-refractivity contribution in [3.8, 4) is 11.8 Å². The number of rotatable bonds is 4. The van der Waals surface area contributed by atoms with Gasteiger partial charge in [0.15, 0.2) is 11.4 Å². The van der Waals surface area contributed by atoms with Crippen LogP contribution in [0, 0.1) is 0 Å². The Hall–Kier alpha value is -2.21. The number of benzene rings is 1. The third kappa shape index (κ3) is 2.97. The molecule has 0 atom stereocenters. The molecule has 19 heavy (non-hydrogen) atoms. The molecular formula is C12H11ClN2O4. The van der Waals surface area contributed by atoms with Crippen molar-refractivity contribution >= 4 is 23.3 Å². The first-order valence-corrected chi connectivity index (χ1v) is 5.84. The zero-order valence-electron chi connectivity index (χ0n) is 10.1. The smallest absolute Gasteiger partial charge is 0.400 e. The fourth-order valence-electron chi connectivity index (χ4n) is 1.32. The largest absolute Gasteiger partial charge is 0.461 e. The average Bonchev–Trinajstić information content (AvgIpc) is 2.83. The molecule has 7 heteroatoms. The van der Waals surface area contributed by atoms with E-state index in [0.29, 0.717) is 10.7 Å².